The molecule has 0 N–H and O–H groups in total. The first-order valence-electron chi connectivity index (χ1n) is 6.83. The summed E-state index contributed by atoms with van der Waals surface area (Å²) in [5.74, 6) is 0.915. The molecule has 2 nitrogen and oxygen atoms in total. The van der Waals surface area contributed by atoms with Gasteiger partial charge in [-0.3, -0.25) is 4.79 Å². The molecule has 0 aliphatic rings. The molecule has 18 heavy (non-hydrogen) atoms. The van der Waals surface area contributed by atoms with Gasteiger partial charge in [0.25, 0.3) is 0 Å². The van der Waals surface area contributed by atoms with Crippen LogP contribution in [-0.4, -0.2) is 24.9 Å². The van der Waals surface area contributed by atoms with E-state index in [-0.39, 0.29) is 22.7 Å². The molecule has 0 saturated heterocycles. The van der Waals surface area contributed by atoms with Crippen molar-refractivity contribution in [2.45, 2.75) is 48.0 Å². The molecule has 0 aliphatic heterocycles. The number of hydrogen-bond acceptors (Lipinski definition) is 1. The van der Waals surface area contributed by atoms with E-state index in [0.717, 1.165) is 6.42 Å². The van der Waals surface area contributed by atoms with Crippen LogP contribution in [0.3, 0.4) is 0 Å². The predicted octanol–water partition coefficient (Wildman–Crippen LogP) is 3.98. The summed E-state index contributed by atoms with van der Waals surface area (Å²) in [6, 6.07) is 0. The van der Waals surface area contributed by atoms with Gasteiger partial charge in [0, 0.05) is 14.1 Å². The Kier molecular flexibility index (Phi) is 5.64. The van der Waals surface area contributed by atoms with Crippen molar-refractivity contribution in [3.8, 4) is 0 Å². The second kappa shape index (κ2) is 5.90. The molecule has 2 heteroatoms. The molecule has 0 saturated carbocycles. The average Bonchev–Trinajstić information content (AvgIpc) is 2.25. The molecule has 0 rings (SSSR count). The lowest BCUT2D eigenvalue weighted by atomic mass is 9.63. The Morgan fingerprint density at radius 3 is 1.94 bits per heavy atom. The minimum Gasteiger partial charge on any atom is -0.348 e. The van der Waals surface area contributed by atoms with E-state index in [0.29, 0.717) is 5.92 Å². The number of allylic oxidation sites excluding steroid dienone is 1. The lowest BCUT2D eigenvalue weighted by Crippen LogP contribution is -2.45. The van der Waals surface area contributed by atoms with Gasteiger partial charge in [0.05, 0.1) is 5.41 Å². The topological polar surface area (TPSA) is 20.3 Å². The largest absolute Gasteiger partial charge is 0.348 e. The summed E-state index contributed by atoms with van der Waals surface area (Å²) in [4.78, 5) is 14.2. The van der Waals surface area contributed by atoms with Crippen LogP contribution in [0.5, 0.6) is 0 Å². The SMILES string of the molecule is C=CC(C)C(C)(CC(C)(C)C(C)C)C(=O)N(C)C. The van der Waals surface area contributed by atoms with Crippen LogP contribution in [0.4, 0.5) is 0 Å². The van der Waals surface area contributed by atoms with E-state index < -0.39 is 0 Å². The van der Waals surface area contributed by atoms with E-state index in [9.17, 15) is 4.79 Å². The van der Waals surface area contributed by atoms with Gasteiger partial charge in [-0.2, -0.15) is 0 Å². The number of rotatable bonds is 6. The van der Waals surface area contributed by atoms with Crippen molar-refractivity contribution in [2.75, 3.05) is 14.1 Å². The van der Waals surface area contributed by atoms with Gasteiger partial charge in [-0.1, -0.05) is 47.6 Å². The normalized spacial score (nSPS) is 17.2. The first-order chi connectivity index (χ1) is 7.99. The second-order valence-corrected chi connectivity index (χ2v) is 6.96. The van der Waals surface area contributed by atoms with Crippen molar-refractivity contribution in [3.05, 3.63) is 12.7 Å². The standard InChI is InChI=1S/C16H31NO/c1-10-13(4)16(7,14(18)17(8)9)11-15(5,6)12(2)3/h10,12-13H,1,11H2,2-9H3. The van der Waals surface area contributed by atoms with Crippen molar-refractivity contribution in [1.82, 2.24) is 4.90 Å². The monoisotopic (exact) mass is 253 g/mol. The van der Waals surface area contributed by atoms with Crippen molar-refractivity contribution in [2.24, 2.45) is 22.7 Å². The summed E-state index contributed by atoms with van der Waals surface area (Å²) in [5.41, 5.74) is -0.239. The molecule has 0 aromatic heterocycles. The van der Waals surface area contributed by atoms with Gasteiger partial charge in [0.1, 0.15) is 0 Å². The van der Waals surface area contributed by atoms with Gasteiger partial charge < -0.3 is 4.90 Å². The Hall–Kier alpha value is -0.790. The highest BCUT2D eigenvalue weighted by molar-refractivity contribution is 5.82. The minimum atomic E-state index is -0.376. The lowest BCUT2D eigenvalue weighted by Gasteiger charge is -2.42. The number of hydrogen-bond donors (Lipinski definition) is 0. The molecular formula is C16H31NO. The zero-order valence-corrected chi connectivity index (χ0v) is 13.5. The van der Waals surface area contributed by atoms with E-state index in [1.165, 1.54) is 0 Å². The summed E-state index contributed by atoms with van der Waals surface area (Å²) in [5, 5.41) is 0. The quantitative estimate of drug-likeness (QED) is 0.656. The molecule has 0 heterocycles. The fraction of sp³-hybridized carbons (Fsp3) is 0.812. The van der Waals surface area contributed by atoms with Crippen LogP contribution in [0.1, 0.15) is 48.0 Å². The number of carbonyl (C=O) groups excluding carboxylic acids is 1. The highest BCUT2D eigenvalue weighted by atomic mass is 16.2. The zero-order chi connectivity index (χ0) is 14.7. The first kappa shape index (κ1) is 17.2. The molecule has 2 unspecified atom stereocenters. The van der Waals surface area contributed by atoms with Crippen LogP contribution in [-0.2, 0) is 4.79 Å². The maximum absolute atomic E-state index is 12.5. The third-order valence-electron chi connectivity index (χ3n) is 4.64. The van der Waals surface area contributed by atoms with Crippen molar-refractivity contribution >= 4 is 5.91 Å². The van der Waals surface area contributed by atoms with Crippen LogP contribution >= 0.6 is 0 Å². The maximum atomic E-state index is 12.5. The highest BCUT2D eigenvalue weighted by Gasteiger charge is 2.43. The molecule has 1 amide bonds. The average molecular weight is 253 g/mol. The summed E-state index contributed by atoms with van der Waals surface area (Å²) < 4.78 is 0. The van der Waals surface area contributed by atoms with Crippen LogP contribution in [0.25, 0.3) is 0 Å². The number of nitrogens with zero attached hydrogens (tertiary/aromatic N) is 1. The van der Waals surface area contributed by atoms with Crippen LogP contribution in [0.15, 0.2) is 12.7 Å². The molecule has 0 aromatic rings. The van der Waals surface area contributed by atoms with Gasteiger partial charge in [-0.15, -0.1) is 6.58 Å². The maximum Gasteiger partial charge on any atom is 0.228 e. The fourth-order valence-electron chi connectivity index (χ4n) is 2.35. The summed E-state index contributed by atoms with van der Waals surface area (Å²) >= 11 is 0. The molecule has 0 bridgehead atoms. The Bertz CT molecular complexity index is 304. The molecule has 0 fully saturated rings. The van der Waals surface area contributed by atoms with Crippen molar-refractivity contribution < 1.29 is 4.79 Å². The smallest absolute Gasteiger partial charge is 0.228 e. The second-order valence-electron chi connectivity index (χ2n) is 6.96. The number of amides is 1. The van der Waals surface area contributed by atoms with Crippen molar-refractivity contribution in [1.29, 1.82) is 0 Å². The van der Waals surface area contributed by atoms with E-state index in [4.69, 9.17) is 0 Å². The van der Waals surface area contributed by atoms with Crippen LogP contribution in [0.2, 0.25) is 0 Å². The van der Waals surface area contributed by atoms with Crippen molar-refractivity contribution in [3.63, 3.8) is 0 Å². The Morgan fingerprint density at radius 1 is 1.22 bits per heavy atom. The number of carbonyl (C=O) groups is 1. The fourth-order valence-corrected chi connectivity index (χ4v) is 2.35. The highest BCUT2D eigenvalue weighted by Crippen LogP contribution is 2.44. The van der Waals surface area contributed by atoms with Gasteiger partial charge in [-0.05, 0) is 23.7 Å². The first-order valence-corrected chi connectivity index (χ1v) is 6.83. The minimum absolute atomic E-state index is 0.137. The molecule has 0 spiro atoms. The van der Waals surface area contributed by atoms with E-state index in [1.807, 2.05) is 20.2 Å². The predicted molar refractivity (Wildman–Crippen MR) is 79.4 cm³/mol. The molecule has 0 aliphatic carbocycles. The third-order valence-corrected chi connectivity index (χ3v) is 4.64. The van der Waals surface area contributed by atoms with Gasteiger partial charge in [0.2, 0.25) is 5.91 Å². The molecular weight excluding hydrogens is 222 g/mol. The lowest BCUT2D eigenvalue weighted by molar-refractivity contribution is -0.143. The summed E-state index contributed by atoms with van der Waals surface area (Å²) in [7, 11) is 3.66. The summed E-state index contributed by atoms with van der Waals surface area (Å²) in [6.45, 7) is 17.0. The van der Waals surface area contributed by atoms with E-state index in [1.54, 1.807) is 4.90 Å². The Balaban J connectivity index is 5.38. The summed E-state index contributed by atoms with van der Waals surface area (Å²) in [6.07, 6.45) is 2.78. The zero-order valence-electron chi connectivity index (χ0n) is 13.5. The van der Waals surface area contributed by atoms with Gasteiger partial charge in [-0.25, -0.2) is 0 Å². The van der Waals surface area contributed by atoms with E-state index in [2.05, 4.69) is 48.1 Å². The molecule has 106 valence electrons. The van der Waals surface area contributed by atoms with Gasteiger partial charge in [0.15, 0.2) is 0 Å². The Morgan fingerprint density at radius 2 is 1.67 bits per heavy atom. The van der Waals surface area contributed by atoms with E-state index >= 15 is 0 Å². The molecule has 0 radical (unpaired) electrons. The molecule has 0 aromatic carbocycles. The van der Waals surface area contributed by atoms with Crippen LogP contribution < -0.4 is 0 Å². The Labute approximate surface area is 113 Å². The third kappa shape index (κ3) is 3.60. The molecule has 2 atom stereocenters. The van der Waals surface area contributed by atoms with Crippen LogP contribution in [0, 0.1) is 22.7 Å². The van der Waals surface area contributed by atoms with Gasteiger partial charge >= 0.3 is 0 Å².